The molecular formula is C15H27N3O2. The number of carbonyl (C=O) groups is 2. The molecule has 2 saturated heterocycles. The molecule has 2 atom stereocenters. The second-order valence-corrected chi connectivity index (χ2v) is 6.36. The van der Waals surface area contributed by atoms with E-state index in [-0.39, 0.29) is 29.2 Å². The number of likely N-dealkylation sites (N-methyl/N-ethyl adjacent to an activating group) is 1. The molecule has 0 radical (unpaired) electrons. The smallest absolute Gasteiger partial charge is 0.242 e. The third kappa shape index (κ3) is 2.55. The molecule has 0 spiro atoms. The summed E-state index contributed by atoms with van der Waals surface area (Å²) in [5.41, 5.74) is -0.330. The number of nitrogens with one attached hydrogen (secondary N) is 2. The van der Waals surface area contributed by atoms with Crippen LogP contribution in [0.3, 0.4) is 0 Å². The zero-order chi connectivity index (χ0) is 14.8. The zero-order valence-corrected chi connectivity index (χ0v) is 12.9. The first-order valence-electron chi connectivity index (χ1n) is 7.76. The van der Waals surface area contributed by atoms with Crippen molar-refractivity contribution in [2.75, 3.05) is 26.7 Å². The summed E-state index contributed by atoms with van der Waals surface area (Å²) < 4.78 is 0. The number of nitrogens with zero attached hydrogens (tertiary/aromatic N) is 1. The summed E-state index contributed by atoms with van der Waals surface area (Å²) in [6.45, 7) is 6.57. The van der Waals surface area contributed by atoms with Gasteiger partial charge in [-0.25, -0.2) is 0 Å². The van der Waals surface area contributed by atoms with Gasteiger partial charge in [0, 0.05) is 20.1 Å². The van der Waals surface area contributed by atoms with Crippen molar-refractivity contribution in [2.24, 2.45) is 11.3 Å². The number of likely N-dealkylation sites (tertiary alicyclic amines) is 1. The Morgan fingerprint density at radius 3 is 2.65 bits per heavy atom. The molecule has 5 heteroatoms. The summed E-state index contributed by atoms with van der Waals surface area (Å²) in [6.07, 6.45) is 3.68. The van der Waals surface area contributed by atoms with E-state index in [4.69, 9.17) is 0 Å². The molecule has 0 saturated carbocycles. The lowest BCUT2D eigenvalue weighted by Crippen LogP contribution is -2.57. The van der Waals surface area contributed by atoms with Crippen LogP contribution in [-0.4, -0.2) is 49.4 Å². The highest BCUT2D eigenvalue weighted by molar-refractivity contribution is 5.90. The molecule has 5 nitrogen and oxygen atoms in total. The standard InChI is InChI=1S/C15H27N3O2/c1-11(2)15(7-8-17-10-15)14(20)18-9-5-4-6-12(18)13(19)16-3/h11-12,17H,4-10H2,1-3H3,(H,16,19). The third-order valence-corrected chi connectivity index (χ3v) is 5.03. The van der Waals surface area contributed by atoms with Crippen LogP contribution in [0.1, 0.15) is 39.5 Å². The van der Waals surface area contributed by atoms with Crippen molar-refractivity contribution in [3.8, 4) is 0 Å². The average Bonchev–Trinajstić information content (AvgIpc) is 2.96. The maximum Gasteiger partial charge on any atom is 0.242 e. The molecule has 2 rings (SSSR count). The van der Waals surface area contributed by atoms with E-state index in [0.717, 1.165) is 38.8 Å². The van der Waals surface area contributed by atoms with E-state index in [2.05, 4.69) is 24.5 Å². The van der Waals surface area contributed by atoms with E-state index in [0.29, 0.717) is 6.54 Å². The first kappa shape index (κ1) is 15.3. The first-order chi connectivity index (χ1) is 9.53. The fourth-order valence-corrected chi connectivity index (χ4v) is 3.53. The Morgan fingerprint density at radius 1 is 1.35 bits per heavy atom. The van der Waals surface area contributed by atoms with Crippen molar-refractivity contribution in [2.45, 2.75) is 45.6 Å². The summed E-state index contributed by atoms with van der Waals surface area (Å²) in [7, 11) is 1.65. The predicted molar refractivity (Wildman–Crippen MR) is 78.2 cm³/mol. The third-order valence-electron chi connectivity index (χ3n) is 5.03. The number of amides is 2. The number of rotatable bonds is 3. The van der Waals surface area contributed by atoms with Crippen LogP contribution >= 0.6 is 0 Å². The van der Waals surface area contributed by atoms with Crippen molar-refractivity contribution >= 4 is 11.8 Å². The van der Waals surface area contributed by atoms with Crippen LogP contribution < -0.4 is 10.6 Å². The Kier molecular flexibility index (Phi) is 4.68. The minimum atomic E-state index is -0.330. The van der Waals surface area contributed by atoms with E-state index in [9.17, 15) is 9.59 Å². The molecule has 0 aliphatic carbocycles. The molecule has 2 fully saturated rings. The van der Waals surface area contributed by atoms with Crippen LogP contribution in [0.25, 0.3) is 0 Å². The molecule has 0 bridgehead atoms. The van der Waals surface area contributed by atoms with Gasteiger partial charge in [-0.2, -0.15) is 0 Å². The van der Waals surface area contributed by atoms with Crippen molar-refractivity contribution < 1.29 is 9.59 Å². The van der Waals surface area contributed by atoms with Crippen LogP contribution in [0.2, 0.25) is 0 Å². The number of hydrogen-bond acceptors (Lipinski definition) is 3. The highest BCUT2D eigenvalue weighted by Crippen LogP contribution is 2.37. The summed E-state index contributed by atoms with van der Waals surface area (Å²) in [4.78, 5) is 27.0. The molecule has 0 aromatic carbocycles. The molecule has 2 unspecified atom stereocenters. The highest BCUT2D eigenvalue weighted by atomic mass is 16.2. The lowest BCUT2D eigenvalue weighted by atomic mass is 9.74. The van der Waals surface area contributed by atoms with Crippen LogP contribution in [0.15, 0.2) is 0 Å². The SMILES string of the molecule is CNC(=O)C1CCCCN1C(=O)C1(C(C)C)CCNC1. The molecular weight excluding hydrogens is 254 g/mol. The van der Waals surface area contributed by atoms with E-state index in [1.165, 1.54) is 0 Å². The fourth-order valence-electron chi connectivity index (χ4n) is 3.53. The summed E-state index contributed by atoms with van der Waals surface area (Å²) in [6, 6.07) is -0.280. The van der Waals surface area contributed by atoms with Crippen molar-refractivity contribution in [3.05, 3.63) is 0 Å². The zero-order valence-electron chi connectivity index (χ0n) is 12.9. The van der Waals surface area contributed by atoms with Crippen LogP contribution in [-0.2, 0) is 9.59 Å². The van der Waals surface area contributed by atoms with Crippen molar-refractivity contribution in [1.29, 1.82) is 0 Å². The predicted octanol–water partition coefficient (Wildman–Crippen LogP) is 0.749. The van der Waals surface area contributed by atoms with Gasteiger partial charge in [0.1, 0.15) is 6.04 Å². The van der Waals surface area contributed by atoms with Gasteiger partial charge in [-0.3, -0.25) is 9.59 Å². The Bertz CT molecular complexity index is 375. The molecule has 0 aromatic heterocycles. The molecule has 20 heavy (non-hydrogen) atoms. The maximum absolute atomic E-state index is 13.1. The highest BCUT2D eigenvalue weighted by Gasteiger charge is 2.48. The van der Waals surface area contributed by atoms with Crippen molar-refractivity contribution in [1.82, 2.24) is 15.5 Å². The fraction of sp³-hybridized carbons (Fsp3) is 0.867. The van der Waals surface area contributed by atoms with Gasteiger partial charge in [0.05, 0.1) is 5.41 Å². The van der Waals surface area contributed by atoms with Gasteiger partial charge in [-0.1, -0.05) is 13.8 Å². The molecule has 2 amide bonds. The molecule has 2 aliphatic rings. The van der Waals surface area contributed by atoms with Gasteiger partial charge >= 0.3 is 0 Å². The van der Waals surface area contributed by atoms with E-state index < -0.39 is 0 Å². The van der Waals surface area contributed by atoms with E-state index >= 15 is 0 Å². The van der Waals surface area contributed by atoms with Crippen LogP contribution in [0, 0.1) is 11.3 Å². The maximum atomic E-state index is 13.1. The Labute approximate surface area is 121 Å². The number of piperidine rings is 1. The average molecular weight is 281 g/mol. The minimum Gasteiger partial charge on any atom is -0.357 e. The number of hydrogen-bond donors (Lipinski definition) is 2. The summed E-state index contributed by atoms with van der Waals surface area (Å²) >= 11 is 0. The monoisotopic (exact) mass is 281 g/mol. The van der Waals surface area contributed by atoms with Gasteiger partial charge in [0.15, 0.2) is 0 Å². The minimum absolute atomic E-state index is 0.0251. The molecule has 114 valence electrons. The quantitative estimate of drug-likeness (QED) is 0.802. The van der Waals surface area contributed by atoms with Gasteiger partial charge < -0.3 is 15.5 Å². The Hall–Kier alpha value is -1.10. The molecule has 2 aliphatic heterocycles. The van der Waals surface area contributed by atoms with Crippen LogP contribution in [0.5, 0.6) is 0 Å². The lowest BCUT2D eigenvalue weighted by Gasteiger charge is -2.42. The van der Waals surface area contributed by atoms with Gasteiger partial charge in [0.2, 0.25) is 11.8 Å². The molecule has 2 heterocycles. The topological polar surface area (TPSA) is 61.4 Å². The van der Waals surface area contributed by atoms with E-state index in [1.54, 1.807) is 7.05 Å². The van der Waals surface area contributed by atoms with E-state index in [1.807, 2.05) is 4.90 Å². The summed E-state index contributed by atoms with van der Waals surface area (Å²) in [5, 5.41) is 6.03. The lowest BCUT2D eigenvalue weighted by molar-refractivity contribution is -0.152. The van der Waals surface area contributed by atoms with Gasteiger partial charge in [-0.15, -0.1) is 0 Å². The first-order valence-corrected chi connectivity index (χ1v) is 7.76. The van der Waals surface area contributed by atoms with Gasteiger partial charge in [-0.05, 0) is 38.1 Å². The Morgan fingerprint density at radius 2 is 2.10 bits per heavy atom. The molecule has 0 aromatic rings. The second-order valence-electron chi connectivity index (χ2n) is 6.36. The largest absolute Gasteiger partial charge is 0.357 e. The number of carbonyl (C=O) groups excluding carboxylic acids is 2. The second kappa shape index (κ2) is 6.12. The Balaban J connectivity index is 2.22. The van der Waals surface area contributed by atoms with Crippen LogP contribution in [0.4, 0.5) is 0 Å². The van der Waals surface area contributed by atoms with Gasteiger partial charge in [0.25, 0.3) is 0 Å². The molecule has 2 N–H and O–H groups in total. The normalized spacial score (nSPS) is 30.6. The van der Waals surface area contributed by atoms with Crippen molar-refractivity contribution in [3.63, 3.8) is 0 Å². The summed E-state index contributed by atoms with van der Waals surface area (Å²) in [5.74, 6) is 0.436.